The average Bonchev–Trinajstić information content (AvgIpc) is 3.40. The summed E-state index contributed by atoms with van der Waals surface area (Å²) in [5.41, 5.74) is 1.13. The first-order valence-corrected chi connectivity index (χ1v) is 9.65. The molecule has 1 aliphatic carbocycles. The third kappa shape index (κ3) is 4.24. The molecule has 2 fully saturated rings. The highest BCUT2D eigenvalue weighted by Gasteiger charge is 2.32. The molecular formula is C18H24N2O5S. The fourth-order valence-electron chi connectivity index (χ4n) is 2.86. The molecule has 1 aromatic heterocycles. The molecule has 142 valence electrons. The van der Waals surface area contributed by atoms with E-state index in [0.29, 0.717) is 30.3 Å². The lowest BCUT2D eigenvalue weighted by Crippen LogP contribution is -2.46. The number of hydrogen-bond donors (Lipinski definition) is 1. The van der Waals surface area contributed by atoms with Gasteiger partial charge in [0, 0.05) is 23.9 Å². The van der Waals surface area contributed by atoms with Gasteiger partial charge in [0.1, 0.15) is 5.00 Å². The molecule has 0 aromatic carbocycles. The number of hydrogen-bond acceptors (Lipinski definition) is 6. The largest absolute Gasteiger partial charge is 0.452 e. The van der Waals surface area contributed by atoms with E-state index in [1.165, 1.54) is 11.3 Å². The van der Waals surface area contributed by atoms with E-state index in [9.17, 15) is 14.4 Å². The van der Waals surface area contributed by atoms with Crippen molar-refractivity contribution in [3.63, 3.8) is 0 Å². The summed E-state index contributed by atoms with van der Waals surface area (Å²) in [6.07, 6.45) is 1.76. The van der Waals surface area contributed by atoms with Gasteiger partial charge in [0.2, 0.25) is 5.91 Å². The van der Waals surface area contributed by atoms with Gasteiger partial charge in [-0.3, -0.25) is 9.59 Å². The summed E-state index contributed by atoms with van der Waals surface area (Å²) in [5.74, 6) is -0.820. The summed E-state index contributed by atoms with van der Waals surface area (Å²) in [6.45, 7) is 6.79. The summed E-state index contributed by atoms with van der Waals surface area (Å²) in [6, 6.07) is 0. The molecule has 7 nitrogen and oxygen atoms in total. The second-order valence-corrected chi connectivity index (χ2v) is 8.07. The lowest BCUT2D eigenvalue weighted by molar-refractivity contribution is -0.141. The van der Waals surface area contributed by atoms with E-state index in [2.05, 4.69) is 5.32 Å². The Morgan fingerprint density at radius 1 is 1.31 bits per heavy atom. The van der Waals surface area contributed by atoms with Crippen molar-refractivity contribution < 1.29 is 23.9 Å². The molecule has 1 aliphatic heterocycles. The van der Waals surface area contributed by atoms with E-state index in [1.807, 2.05) is 20.8 Å². The minimum Gasteiger partial charge on any atom is -0.452 e. The minimum absolute atomic E-state index is 0.0191. The average molecular weight is 380 g/mol. The first-order valence-electron chi connectivity index (χ1n) is 8.84. The van der Waals surface area contributed by atoms with Gasteiger partial charge in [-0.05, 0) is 39.2 Å². The van der Waals surface area contributed by atoms with Crippen LogP contribution in [0.15, 0.2) is 0 Å². The van der Waals surface area contributed by atoms with E-state index in [-0.39, 0.29) is 30.4 Å². The number of carbonyl (C=O) groups is 3. The van der Waals surface area contributed by atoms with Crippen LogP contribution in [-0.2, 0) is 19.1 Å². The van der Waals surface area contributed by atoms with E-state index in [0.717, 1.165) is 23.3 Å². The molecular weight excluding hydrogens is 356 g/mol. The lowest BCUT2D eigenvalue weighted by Gasteiger charge is -2.30. The third-order valence-corrected chi connectivity index (χ3v) is 5.82. The minimum atomic E-state index is -0.576. The Kier molecular flexibility index (Phi) is 5.62. The Balaban J connectivity index is 1.63. The van der Waals surface area contributed by atoms with E-state index < -0.39 is 5.97 Å². The highest BCUT2D eigenvalue weighted by molar-refractivity contribution is 7.16. The Labute approximate surface area is 156 Å². The maximum atomic E-state index is 12.6. The van der Waals surface area contributed by atoms with E-state index in [4.69, 9.17) is 9.47 Å². The fraction of sp³-hybridized carbons (Fsp3) is 0.611. The van der Waals surface area contributed by atoms with Crippen LogP contribution in [0.1, 0.15) is 40.6 Å². The molecule has 0 spiro atoms. The number of ether oxygens (including phenoxy) is 2. The summed E-state index contributed by atoms with van der Waals surface area (Å²) in [7, 11) is 0. The molecule has 0 bridgehead atoms. The van der Waals surface area contributed by atoms with Gasteiger partial charge in [-0.2, -0.15) is 0 Å². The molecule has 8 heteroatoms. The molecule has 1 unspecified atom stereocenters. The van der Waals surface area contributed by atoms with Gasteiger partial charge in [0.05, 0.1) is 18.3 Å². The number of nitrogens with one attached hydrogen (secondary N) is 1. The zero-order chi connectivity index (χ0) is 18.8. The normalized spacial score (nSPS) is 20.0. The maximum absolute atomic E-state index is 12.6. The number of rotatable bonds is 5. The number of morpholine rings is 1. The predicted molar refractivity (Wildman–Crippen MR) is 97.4 cm³/mol. The Morgan fingerprint density at radius 2 is 2.04 bits per heavy atom. The zero-order valence-corrected chi connectivity index (χ0v) is 16.1. The molecule has 26 heavy (non-hydrogen) atoms. The first kappa shape index (κ1) is 18.8. The van der Waals surface area contributed by atoms with Gasteiger partial charge in [-0.1, -0.05) is 0 Å². The Hall–Kier alpha value is -1.93. The molecule has 3 rings (SSSR count). The van der Waals surface area contributed by atoms with E-state index >= 15 is 0 Å². The van der Waals surface area contributed by atoms with Crippen molar-refractivity contribution in [3.8, 4) is 0 Å². The summed E-state index contributed by atoms with van der Waals surface area (Å²) in [5, 5.41) is 3.35. The van der Waals surface area contributed by atoms with Crippen molar-refractivity contribution in [3.05, 3.63) is 16.0 Å². The third-order valence-electron chi connectivity index (χ3n) is 4.69. The molecule has 2 heterocycles. The number of carbonyl (C=O) groups excluding carboxylic acids is 3. The van der Waals surface area contributed by atoms with E-state index in [1.54, 1.807) is 4.90 Å². The van der Waals surface area contributed by atoms with Crippen molar-refractivity contribution in [1.82, 2.24) is 4.90 Å². The molecule has 2 aliphatic rings. The van der Waals surface area contributed by atoms with Crippen molar-refractivity contribution in [2.75, 3.05) is 31.6 Å². The van der Waals surface area contributed by atoms with Gasteiger partial charge in [0.15, 0.2) is 6.61 Å². The number of thiophene rings is 1. The Morgan fingerprint density at radius 3 is 2.69 bits per heavy atom. The van der Waals surface area contributed by atoms with Gasteiger partial charge in [-0.25, -0.2) is 4.79 Å². The summed E-state index contributed by atoms with van der Waals surface area (Å²) >= 11 is 1.36. The van der Waals surface area contributed by atoms with Gasteiger partial charge >= 0.3 is 5.97 Å². The quantitative estimate of drug-likeness (QED) is 0.791. The maximum Gasteiger partial charge on any atom is 0.341 e. The van der Waals surface area contributed by atoms with Gasteiger partial charge in [-0.15, -0.1) is 11.3 Å². The molecule has 2 amide bonds. The molecule has 0 radical (unpaired) electrons. The SMILES string of the molecule is Cc1sc(NC(=O)C2CC2)c(C(=O)OCC(=O)N2CCOC(C)C2)c1C. The molecule has 1 saturated heterocycles. The molecule has 1 N–H and O–H groups in total. The standard InChI is InChI=1S/C18H24N2O5S/c1-10-8-20(6-7-24-10)14(21)9-25-18(23)15-11(2)12(3)26-17(15)19-16(22)13-4-5-13/h10,13H,4-9H2,1-3H3,(H,19,22). The predicted octanol–water partition coefficient (Wildman–Crippen LogP) is 2.12. The smallest absolute Gasteiger partial charge is 0.341 e. The van der Waals surface area contributed by atoms with Crippen LogP contribution in [-0.4, -0.2) is 55.1 Å². The first-order chi connectivity index (χ1) is 12.4. The second-order valence-electron chi connectivity index (χ2n) is 6.85. The van der Waals surface area contributed by atoms with Crippen molar-refractivity contribution in [2.45, 2.75) is 39.7 Å². The van der Waals surface area contributed by atoms with Crippen LogP contribution in [0.2, 0.25) is 0 Å². The number of aryl methyl sites for hydroxylation is 1. The van der Waals surface area contributed by atoms with Crippen LogP contribution < -0.4 is 5.32 Å². The van der Waals surface area contributed by atoms with Crippen molar-refractivity contribution in [1.29, 1.82) is 0 Å². The second kappa shape index (κ2) is 7.75. The highest BCUT2D eigenvalue weighted by Crippen LogP contribution is 2.36. The molecule has 1 aromatic rings. The van der Waals surface area contributed by atoms with Crippen LogP contribution in [0.25, 0.3) is 0 Å². The topological polar surface area (TPSA) is 84.9 Å². The van der Waals surface area contributed by atoms with Crippen LogP contribution in [0, 0.1) is 19.8 Å². The fourth-order valence-corrected chi connectivity index (χ4v) is 3.91. The number of anilines is 1. The van der Waals surface area contributed by atoms with Crippen LogP contribution in [0.4, 0.5) is 5.00 Å². The van der Waals surface area contributed by atoms with Crippen LogP contribution in [0.5, 0.6) is 0 Å². The monoisotopic (exact) mass is 380 g/mol. The highest BCUT2D eigenvalue weighted by atomic mass is 32.1. The van der Waals surface area contributed by atoms with Crippen molar-refractivity contribution in [2.24, 2.45) is 5.92 Å². The van der Waals surface area contributed by atoms with Crippen molar-refractivity contribution >= 4 is 34.1 Å². The number of nitrogens with zero attached hydrogens (tertiary/aromatic N) is 1. The van der Waals surface area contributed by atoms with Gasteiger partial charge < -0.3 is 19.7 Å². The lowest BCUT2D eigenvalue weighted by atomic mass is 10.1. The number of amides is 2. The summed E-state index contributed by atoms with van der Waals surface area (Å²) < 4.78 is 10.7. The Bertz CT molecular complexity index is 725. The van der Waals surface area contributed by atoms with Crippen LogP contribution in [0.3, 0.4) is 0 Å². The zero-order valence-electron chi connectivity index (χ0n) is 15.3. The van der Waals surface area contributed by atoms with Gasteiger partial charge in [0.25, 0.3) is 5.91 Å². The molecule has 1 saturated carbocycles. The number of esters is 1. The van der Waals surface area contributed by atoms with Crippen LogP contribution >= 0.6 is 11.3 Å². The summed E-state index contributed by atoms with van der Waals surface area (Å²) in [4.78, 5) is 39.4. The molecule has 1 atom stereocenters.